The molecule has 2 amide bonds. The molecule has 7 rings (SSSR count). The van der Waals surface area contributed by atoms with E-state index in [9.17, 15) is 29.8 Å². The molecule has 2 aromatic heterocycles. The van der Waals surface area contributed by atoms with Crippen LogP contribution in [0.25, 0.3) is 0 Å². The summed E-state index contributed by atoms with van der Waals surface area (Å²) in [4.78, 5) is 77.8. The van der Waals surface area contributed by atoms with Gasteiger partial charge in [0.05, 0.1) is 9.85 Å². The summed E-state index contributed by atoms with van der Waals surface area (Å²) in [6.07, 6.45) is 2.61. The van der Waals surface area contributed by atoms with Crippen LogP contribution in [0.15, 0.2) is 73.3 Å². The Hall–Kier alpha value is -6.46. The van der Waals surface area contributed by atoms with E-state index in [1.54, 1.807) is 53.7 Å². The zero-order chi connectivity index (χ0) is 36.2. The minimum Gasteiger partial charge on any atom is -0.347 e. The van der Waals surface area contributed by atoms with Crippen LogP contribution in [-0.4, -0.2) is 130 Å². The van der Waals surface area contributed by atoms with Gasteiger partial charge in [-0.15, -0.1) is 0 Å². The Balaban J connectivity index is 1.03. The van der Waals surface area contributed by atoms with Crippen LogP contribution in [0.4, 0.5) is 34.6 Å². The largest absolute Gasteiger partial charge is 0.353 e. The second kappa shape index (κ2) is 14.8. The van der Waals surface area contributed by atoms with Gasteiger partial charge in [-0.2, -0.15) is 0 Å². The van der Waals surface area contributed by atoms with E-state index in [1.165, 1.54) is 12.7 Å². The summed E-state index contributed by atoms with van der Waals surface area (Å²) in [6, 6.07) is 18.0. The van der Waals surface area contributed by atoms with Crippen molar-refractivity contribution >= 4 is 46.5 Å². The lowest BCUT2D eigenvalue weighted by Crippen LogP contribution is -2.50. The molecule has 0 spiro atoms. The molecule has 2 aromatic carbocycles. The minimum atomic E-state index is -0.479. The maximum absolute atomic E-state index is 12.9. The first-order valence-electron chi connectivity index (χ1n) is 17.0. The lowest BCUT2D eigenvalue weighted by Gasteiger charge is -2.37. The van der Waals surface area contributed by atoms with E-state index in [4.69, 9.17) is 0 Å². The van der Waals surface area contributed by atoms with Crippen molar-refractivity contribution in [2.45, 2.75) is 0 Å². The molecule has 18 heteroatoms. The number of anilines is 4. The maximum Gasteiger partial charge on any atom is 0.353 e. The summed E-state index contributed by atoms with van der Waals surface area (Å²) in [5, 5.41) is 25.0. The molecule has 3 aliphatic rings. The molecule has 18 nitrogen and oxygen atoms in total. The number of rotatable bonds is 8. The van der Waals surface area contributed by atoms with Gasteiger partial charge in [-0.25, -0.2) is 19.9 Å². The average molecular weight is 709 g/mol. The third-order valence-corrected chi connectivity index (χ3v) is 9.59. The molecule has 3 saturated heterocycles. The predicted octanol–water partition coefficient (Wildman–Crippen LogP) is 2.33. The summed E-state index contributed by atoms with van der Waals surface area (Å²) >= 11 is 0. The summed E-state index contributed by atoms with van der Waals surface area (Å²) in [7, 11) is 0. The molecule has 268 valence electrons. The molecular formula is C34H36N12O6. The number of amides is 2. The van der Waals surface area contributed by atoms with Crippen LogP contribution < -0.4 is 19.6 Å². The van der Waals surface area contributed by atoms with Crippen LogP contribution in [0.1, 0.15) is 20.7 Å². The molecule has 0 bridgehead atoms. The second-order valence-corrected chi connectivity index (χ2v) is 12.5. The number of benzene rings is 2. The van der Waals surface area contributed by atoms with Crippen LogP contribution in [-0.2, 0) is 0 Å². The van der Waals surface area contributed by atoms with E-state index >= 15 is 0 Å². The zero-order valence-corrected chi connectivity index (χ0v) is 28.2. The Labute approximate surface area is 298 Å². The van der Waals surface area contributed by atoms with Crippen molar-refractivity contribution in [2.24, 2.45) is 0 Å². The van der Waals surface area contributed by atoms with Gasteiger partial charge in [0.2, 0.25) is 23.3 Å². The topological polar surface area (TPSA) is 191 Å². The highest BCUT2D eigenvalue weighted by Crippen LogP contribution is 2.38. The van der Waals surface area contributed by atoms with Crippen molar-refractivity contribution < 1.29 is 19.4 Å². The van der Waals surface area contributed by atoms with Crippen LogP contribution in [0, 0.1) is 20.2 Å². The van der Waals surface area contributed by atoms with Gasteiger partial charge in [0.1, 0.15) is 12.7 Å². The van der Waals surface area contributed by atoms with Crippen molar-refractivity contribution in [2.75, 3.05) is 98.1 Å². The summed E-state index contributed by atoms with van der Waals surface area (Å²) in [5.41, 5.74) is 0.728. The molecule has 0 unspecified atom stereocenters. The van der Waals surface area contributed by atoms with Crippen LogP contribution in [0.3, 0.4) is 0 Å². The maximum atomic E-state index is 12.9. The average Bonchev–Trinajstić information content (AvgIpc) is 3.20. The molecular weight excluding hydrogens is 672 g/mol. The Morgan fingerprint density at radius 2 is 0.731 bits per heavy atom. The lowest BCUT2D eigenvalue weighted by atomic mass is 10.2. The minimum absolute atomic E-state index is 0.0926. The van der Waals surface area contributed by atoms with Gasteiger partial charge in [0.15, 0.2) is 0 Å². The fraction of sp³-hybridized carbons (Fsp3) is 0.353. The molecule has 3 aliphatic heterocycles. The van der Waals surface area contributed by atoms with Crippen LogP contribution in [0.5, 0.6) is 0 Å². The Morgan fingerprint density at radius 1 is 0.462 bits per heavy atom. The number of carbonyl (C=O) groups is 2. The zero-order valence-electron chi connectivity index (χ0n) is 28.2. The van der Waals surface area contributed by atoms with Gasteiger partial charge in [-0.05, 0) is 24.3 Å². The third kappa shape index (κ3) is 6.81. The molecule has 0 saturated carbocycles. The highest BCUT2D eigenvalue weighted by atomic mass is 16.6. The van der Waals surface area contributed by atoms with Crippen LogP contribution in [0.2, 0.25) is 0 Å². The monoisotopic (exact) mass is 708 g/mol. The van der Waals surface area contributed by atoms with Crippen molar-refractivity contribution in [3.05, 3.63) is 105 Å². The number of hydrogen-bond donors (Lipinski definition) is 0. The number of nitrogens with zero attached hydrogens (tertiary/aromatic N) is 12. The molecule has 5 heterocycles. The number of piperazine rings is 3. The molecule has 3 fully saturated rings. The Kier molecular flexibility index (Phi) is 9.68. The van der Waals surface area contributed by atoms with Crippen molar-refractivity contribution in [1.82, 2.24) is 29.7 Å². The van der Waals surface area contributed by atoms with Gasteiger partial charge in [0.25, 0.3) is 11.8 Å². The van der Waals surface area contributed by atoms with Crippen molar-refractivity contribution in [1.29, 1.82) is 0 Å². The van der Waals surface area contributed by atoms with E-state index in [2.05, 4.69) is 19.9 Å². The second-order valence-electron chi connectivity index (χ2n) is 12.5. The summed E-state index contributed by atoms with van der Waals surface area (Å²) < 4.78 is 0. The molecule has 0 atom stereocenters. The number of aromatic nitrogens is 4. The van der Waals surface area contributed by atoms with E-state index in [0.29, 0.717) is 63.5 Å². The lowest BCUT2D eigenvalue weighted by molar-refractivity contribution is -0.384. The highest BCUT2D eigenvalue weighted by Gasteiger charge is 2.37. The van der Waals surface area contributed by atoms with Gasteiger partial charge in [0, 0.05) is 89.7 Å². The molecule has 0 radical (unpaired) electrons. The molecule has 0 N–H and O–H groups in total. The fourth-order valence-corrected chi connectivity index (χ4v) is 6.87. The van der Waals surface area contributed by atoms with Gasteiger partial charge in [-0.3, -0.25) is 29.8 Å². The smallest absolute Gasteiger partial charge is 0.347 e. The van der Waals surface area contributed by atoms with Gasteiger partial charge < -0.3 is 29.4 Å². The van der Waals surface area contributed by atoms with Crippen molar-refractivity contribution in [3.8, 4) is 0 Å². The van der Waals surface area contributed by atoms with E-state index in [-0.39, 0.29) is 72.6 Å². The number of carbonyl (C=O) groups excluding carboxylic acids is 2. The Morgan fingerprint density at radius 3 is 1.00 bits per heavy atom. The molecule has 52 heavy (non-hydrogen) atoms. The van der Waals surface area contributed by atoms with E-state index in [1.807, 2.05) is 36.4 Å². The van der Waals surface area contributed by atoms with E-state index in [0.717, 1.165) is 0 Å². The summed E-state index contributed by atoms with van der Waals surface area (Å²) in [6.45, 7) is 4.11. The Bertz CT molecular complexity index is 1800. The van der Waals surface area contributed by atoms with Crippen LogP contribution >= 0.6 is 0 Å². The van der Waals surface area contributed by atoms with Gasteiger partial charge >= 0.3 is 11.4 Å². The normalized spacial score (nSPS) is 16.5. The fourth-order valence-electron chi connectivity index (χ4n) is 6.87. The first-order chi connectivity index (χ1) is 25.3. The number of hydrogen-bond acceptors (Lipinski definition) is 14. The molecule has 0 aliphatic carbocycles. The third-order valence-electron chi connectivity index (χ3n) is 9.59. The molecule has 4 aromatic rings. The summed E-state index contributed by atoms with van der Waals surface area (Å²) in [5.74, 6) is 0.517. The van der Waals surface area contributed by atoms with Gasteiger partial charge in [-0.1, -0.05) is 36.4 Å². The SMILES string of the molecule is O=C(c1ccccc1)N1CCN(c2ncnc(N3CCN(c4ncnc(N5CCN(C(=O)c6ccccc6)CC5)c4[N+](=O)[O-])CC3)c2[N+](=O)[O-])CC1. The predicted molar refractivity (Wildman–Crippen MR) is 191 cm³/mol. The number of nitro groups is 2. The van der Waals surface area contributed by atoms with Crippen molar-refractivity contribution in [3.63, 3.8) is 0 Å². The highest BCUT2D eigenvalue weighted by molar-refractivity contribution is 5.95. The standard InChI is InChI=1S/C34H36N12O6/c47-33(25-7-3-1-4-8-25)43-19-15-41(16-20-43)31-27(45(49)50)29(35-23-37-31)39-11-13-40(14-12-39)30-28(46(51)52)32(38-24-36-30)42-17-21-44(22-18-42)34(48)26-9-5-2-6-10-26/h1-10,23-24H,11-22H2. The quantitative estimate of drug-likeness (QED) is 0.191. The first-order valence-corrected chi connectivity index (χ1v) is 17.0. The van der Waals surface area contributed by atoms with E-state index < -0.39 is 9.85 Å². The first kappa shape index (κ1) is 34.0.